The first-order valence-corrected chi connectivity index (χ1v) is 12.0. The van der Waals surface area contributed by atoms with Crippen LogP contribution in [0.15, 0.2) is 84.4 Å². The first kappa shape index (κ1) is 21.2. The van der Waals surface area contributed by atoms with Gasteiger partial charge in [-0.15, -0.1) is 11.3 Å². The van der Waals surface area contributed by atoms with Crippen LogP contribution in [0.25, 0.3) is 16.5 Å². The van der Waals surface area contributed by atoms with Crippen LogP contribution < -0.4 is 5.32 Å². The number of fused-ring (bicyclic) bond motifs is 1. The normalized spacial score (nSPS) is 14.7. The Kier molecular flexibility index (Phi) is 6.09. The number of H-pyrrole nitrogens is 1. The van der Waals surface area contributed by atoms with Crippen molar-refractivity contribution < 1.29 is 9.59 Å². The summed E-state index contributed by atoms with van der Waals surface area (Å²) in [6.07, 6.45) is 5.30. The predicted octanol–water partition coefficient (Wildman–Crippen LogP) is 4.89. The number of nitrogens with zero attached hydrogens (tertiary/aromatic N) is 1. The Morgan fingerprint density at radius 1 is 1.03 bits per heavy atom. The van der Waals surface area contributed by atoms with E-state index in [2.05, 4.69) is 28.5 Å². The summed E-state index contributed by atoms with van der Waals surface area (Å²) < 4.78 is 0. The first-order chi connectivity index (χ1) is 16.2. The largest absolute Gasteiger partial charge is 0.361 e. The second kappa shape index (κ2) is 9.46. The molecule has 5 nitrogen and oxygen atoms in total. The highest BCUT2D eigenvalue weighted by Crippen LogP contribution is 2.24. The Bertz CT molecular complexity index is 1290. The third kappa shape index (κ3) is 4.61. The van der Waals surface area contributed by atoms with Gasteiger partial charge in [0, 0.05) is 36.6 Å². The van der Waals surface area contributed by atoms with Crippen molar-refractivity contribution in [2.75, 3.05) is 13.1 Å². The van der Waals surface area contributed by atoms with E-state index in [1.54, 1.807) is 6.07 Å². The molecular formula is C27H25N3O2S. The fourth-order valence-electron chi connectivity index (χ4n) is 4.36. The van der Waals surface area contributed by atoms with E-state index in [1.807, 2.05) is 65.0 Å². The minimum atomic E-state index is -0.634. The molecule has 0 fully saturated rings. The van der Waals surface area contributed by atoms with Gasteiger partial charge in [0.25, 0.3) is 5.91 Å². The average molecular weight is 456 g/mol. The molecule has 0 spiro atoms. The van der Waals surface area contributed by atoms with Crippen molar-refractivity contribution in [1.82, 2.24) is 15.2 Å². The summed E-state index contributed by atoms with van der Waals surface area (Å²) in [5, 5.41) is 5.95. The molecule has 2 amide bonds. The topological polar surface area (TPSA) is 65.2 Å². The molecule has 0 saturated heterocycles. The van der Waals surface area contributed by atoms with Gasteiger partial charge in [0.15, 0.2) is 0 Å². The molecule has 3 heterocycles. The number of nitrogens with one attached hydrogen (secondary N) is 2. The van der Waals surface area contributed by atoms with E-state index in [4.69, 9.17) is 0 Å². The van der Waals surface area contributed by atoms with Crippen molar-refractivity contribution in [3.63, 3.8) is 0 Å². The molecule has 33 heavy (non-hydrogen) atoms. The third-order valence-corrected chi connectivity index (χ3v) is 6.98. The van der Waals surface area contributed by atoms with E-state index in [1.165, 1.54) is 22.5 Å². The number of amides is 2. The van der Waals surface area contributed by atoms with Crippen molar-refractivity contribution in [3.05, 3.63) is 100 Å². The lowest BCUT2D eigenvalue weighted by Gasteiger charge is -2.30. The van der Waals surface area contributed by atoms with E-state index in [9.17, 15) is 9.59 Å². The number of rotatable bonds is 6. The zero-order valence-electron chi connectivity index (χ0n) is 18.2. The second-order valence-corrected chi connectivity index (χ2v) is 9.14. The number of para-hydroxylation sites is 1. The summed E-state index contributed by atoms with van der Waals surface area (Å²) in [6.45, 7) is 1.18. The molecule has 0 saturated carbocycles. The number of hydrogen-bond donors (Lipinski definition) is 2. The molecule has 1 atom stereocenters. The Hall–Kier alpha value is -3.64. The third-order valence-electron chi connectivity index (χ3n) is 6.11. The maximum atomic E-state index is 13.6. The van der Waals surface area contributed by atoms with Gasteiger partial charge >= 0.3 is 0 Å². The molecule has 0 bridgehead atoms. The van der Waals surface area contributed by atoms with Gasteiger partial charge in [0.1, 0.15) is 6.04 Å². The van der Waals surface area contributed by atoms with Crippen LogP contribution in [0.3, 0.4) is 0 Å². The predicted molar refractivity (Wildman–Crippen MR) is 133 cm³/mol. The summed E-state index contributed by atoms with van der Waals surface area (Å²) in [7, 11) is 0. The van der Waals surface area contributed by atoms with E-state index < -0.39 is 6.04 Å². The van der Waals surface area contributed by atoms with Crippen molar-refractivity contribution in [2.45, 2.75) is 18.9 Å². The Labute approximate surface area is 196 Å². The fourth-order valence-corrected chi connectivity index (χ4v) is 4.99. The molecule has 1 aliphatic heterocycles. The number of carbonyl (C=O) groups is 2. The monoisotopic (exact) mass is 455 g/mol. The van der Waals surface area contributed by atoms with E-state index in [0.29, 0.717) is 24.4 Å². The number of thiophene rings is 1. The van der Waals surface area contributed by atoms with Crippen LogP contribution in [0.4, 0.5) is 0 Å². The first-order valence-electron chi connectivity index (χ1n) is 11.1. The number of carbonyl (C=O) groups excluding carboxylic acids is 2. The van der Waals surface area contributed by atoms with Crippen LogP contribution in [-0.2, 0) is 11.2 Å². The van der Waals surface area contributed by atoms with Crippen LogP contribution in [0.5, 0.6) is 0 Å². The van der Waals surface area contributed by atoms with Crippen molar-refractivity contribution in [3.8, 4) is 0 Å². The van der Waals surface area contributed by atoms with Gasteiger partial charge in [-0.25, -0.2) is 0 Å². The van der Waals surface area contributed by atoms with Gasteiger partial charge in [0.2, 0.25) is 5.91 Å². The molecule has 2 aromatic carbocycles. The molecular weight excluding hydrogens is 430 g/mol. The van der Waals surface area contributed by atoms with Gasteiger partial charge in [-0.05, 0) is 40.6 Å². The molecule has 1 aliphatic rings. The van der Waals surface area contributed by atoms with Crippen LogP contribution >= 0.6 is 11.3 Å². The Balaban J connectivity index is 1.37. The second-order valence-electron chi connectivity index (χ2n) is 8.20. The number of aromatic amines is 1. The van der Waals surface area contributed by atoms with Crippen LogP contribution in [-0.4, -0.2) is 40.8 Å². The number of hydrogen-bond acceptors (Lipinski definition) is 3. The van der Waals surface area contributed by atoms with Crippen LogP contribution in [0.1, 0.15) is 27.2 Å². The van der Waals surface area contributed by atoms with E-state index in [-0.39, 0.29) is 11.8 Å². The maximum absolute atomic E-state index is 13.6. The summed E-state index contributed by atoms with van der Waals surface area (Å²) in [6, 6.07) is 21.3. The minimum absolute atomic E-state index is 0.0476. The molecule has 0 radical (unpaired) electrons. The molecule has 5 rings (SSSR count). The highest BCUT2D eigenvalue weighted by molar-refractivity contribution is 7.12. The fraction of sp³-hybridized carbons (Fsp3) is 0.185. The Morgan fingerprint density at radius 2 is 1.85 bits per heavy atom. The molecule has 6 heteroatoms. The van der Waals surface area contributed by atoms with Crippen LogP contribution in [0.2, 0.25) is 0 Å². The molecule has 2 aromatic heterocycles. The standard InChI is InChI=1S/C27H25N3O2S/c31-26(25-11-6-16-33-25)29-24(17-21-18-28-23-10-5-4-9-22(21)23)27(32)30-14-12-20(13-15-30)19-7-2-1-3-8-19/h1-12,16,18,24,28H,13-15,17H2,(H,29,31). The minimum Gasteiger partial charge on any atom is -0.361 e. The number of aromatic nitrogens is 1. The van der Waals surface area contributed by atoms with E-state index in [0.717, 1.165) is 22.9 Å². The summed E-state index contributed by atoms with van der Waals surface area (Å²) >= 11 is 1.38. The van der Waals surface area contributed by atoms with Gasteiger partial charge in [-0.3, -0.25) is 9.59 Å². The van der Waals surface area contributed by atoms with Crippen molar-refractivity contribution >= 4 is 39.6 Å². The quantitative estimate of drug-likeness (QED) is 0.435. The van der Waals surface area contributed by atoms with Gasteiger partial charge < -0.3 is 15.2 Å². The summed E-state index contributed by atoms with van der Waals surface area (Å²) in [5.41, 5.74) is 4.51. The maximum Gasteiger partial charge on any atom is 0.262 e. The van der Waals surface area contributed by atoms with Crippen molar-refractivity contribution in [1.29, 1.82) is 0 Å². The molecule has 166 valence electrons. The molecule has 2 N–H and O–H groups in total. The summed E-state index contributed by atoms with van der Waals surface area (Å²) in [4.78, 5) is 32.2. The average Bonchev–Trinajstić information content (AvgIpc) is 3.55. The summed E-state index contributed by atoms with van der Waals surface area (Å²) in [5.74, 6) is -0.255. The van der Waals surface area contributed by atoms with Gasteiger partial charge in [-0.2, -0.15) is 0 Å². The smallest absolute Gasteiger partial charge is 0.262 e. The lowest BCUT2D eigenvalue weighted by Crippen LogP contribution is -2.50. The number of benzene rings is 2. The zero-order chi connectivity index (χ0) is 22.6. The zero-order valence-corrected chi connectivity index (χ0v) is 19.0. The van der Waals surface area contributed by atoms with Gasteiger partial charge in [0.05, 0.1) is 4.88 Å². The lowest BCUT2D eigenvalue weighted by atomic mass is 9.98. The van der Waals surface area contributed by atoms with Crippen molar-refractivity contribution in [2.24, 2.45) is 0 Å². The molecule has 0 aliphatic carbocycles. The molecule has 4 aromatic rings. The lowest BCUT2D eigenvalue weighted by molar-refractivity contribution is -0.132. The molecule has 1 unspecified atom stereocenters. The van der Waals surface area contributed by atoms with E-state index >= 15 is 0 Å². The highest BCUT2D eigenvalue weighted by Gasteiger charge is 2.29. The highest BCUT2D eigenvalue weighted by atomic mass is 32.1. The van der Waals surface area contributed by atoms with Crippen LogP contribution in [0, 0.1) is 0 Å². The van der Waals surface area contributed by atoms with Gasteiger partial charge in [-0.1, -0.05) is 60.7 Å². The Morgan fingerprint density at radius 3 is 2.61 bits per heavy atom. The SMILES string of the molecule is O=C(NC(Cc1c[nH]c2ccccc12)C(=O)N1CC=C(c2ccccc2)CC1)c1cccs1.